The molecule has 0 N–H and O–H groups in total. The van der Waals surface area contributed by atoms with E-state index in [2.05, 4.69) is 76.8 Å². The van der Waals surface area contributed by atoms with Crippen LogP contribution in [0.2, 0.25) is 0 Å². The molecule has 27 heavy (non-hydrogen) atoms. The second-order valence-electron chi connectivity index (χ2n) is 7.20. The standard InChI is InChI=1S/C22H29BrN2O2/c1-15-13-21(26-4)16(2)12-19(15)17(3)24-8-10-25(11-9-24)18-6-7-20(23)22(14-18)27-5/h6-7,12-14,17H,8-11H2,1-5H3. The number of methoxy groups -OCH3 is 2. The van der Waals surface area contributed by atoms with E-state index in [1.807, 2.05) is 0 Å². The van der Waals surface area contributed by atoms with Gasteiger partial charge in [-0.15, -0.1) is 0 Å². The minimum absolute atomic E-state index is 0.399. The molecule has 1 heterocycles. The molecule has 0 aromatic heterocycles. The Morgan fingerprint density at radius 2 is 1.56 bits per heavy atom. The molecule has 1 atom stereocenters. The zero-order valence-electron chi connectivity index (χ0n) is 16.9. The van der Waals surface area contributed by atoms with Gasteiger partial charge in [-0.3, -0.25) is 4.90 Å². The maximum absolute atomic E-state index is 5.46. The van der Waals surface area contributed by atoms with Gasteiger partial charge < -0.3 is 14.4 Å². The van der Waals surface area contributed by atoms with Crippen molar-refractivity contribution in [3.8, 4) is 11.5 Å². The van der Waals surface area contributed by atoms with Crippen molar-refractivity contribution >= 4 is 21.6 Å². The minimum Gasteiger partial charge on any atom is -0.496 e. The lowest BCUT2D eigenvalue weighted by atomic mass is 9.97. The molecule has 0 aliphatic carbocycles. The molecule has 1 aliphatic heterocycles. The normalized spacial score (nSPS) is 16.3. The van der Waals surface area contributed by atoms with Gasteiger partial charge in [0.2, 0.25) is 0 Å². The molecule has 4 nitrogen and oxygen atoms in total. The SMILES string of the molecule is COc1cc(C)c(C(C)N2CCN(c3ccc(Br)c(OC)c3)CC2)cc1C. The maximum atomic E-state index is 5.46. The Labute approximate surface area is 171 Å². The Bertz CT molecular complexity index is 801. The first-order valence-electron chi connectivity index (χ1n) is 9.42. The topological polar surface area (TPSA) is 24.9 Å². The number of ether oxygens (including phenoxy) is 2. The summed E-state index contributed by atoms with van der Waals surface area (Å²) in [7, 11) is 3.45. The fraction of sp³-hybridized carbons (Fsp3) is 0.455. The summed E-state index contributed by atoms with van der Waals surface area (Å²) in [5.41, 5.74) is 5.11. The lowest BCUT2D eigenvalue weighted by Gasteiger charge is -2.39. The van der Waals surface area contributed by atoms with E-state index in [9.17, 15) is 0 Å². The van der Waals surface area contributed by atoms with Crippen LogP contribution in [0.5, 0.6) is 11.5 Å². The molecule has 2 aromatic rings. The summed E-state index contributed by atoms with van der Waals surface area (Å²) in [5.74, 6) is 1.85. The van der Waals surface area contributed by atoms with E-state index < -0.39 is 0 Å². The largest absolute Gasteiger partial charge is 0.496 e. The molecule has 1 saturated heterocycles. The van der Waals surface area contributed by atoms with Crippen LogP contribution >= 0.6 is 15.9 Å². The van der Waals surface area contributed by atoms with Crippen molar-refractivity contribution in [2.75, 3.05) is 45.3 Å². The maximum Gasteiger partial charge on any atom is 0.135 e. The van der Waals surface area contributed by atoms with Crippen molar-refractivity contribution in [2.45, 2.75) is 26.8 Å². The van der Waals surface area contributed by atoms with E-state index in [0.29, 0.717) is 6.04 Å². The van der Waals surface area contributed by atoms with Gasteiger partial charge in [-0.25, -0.2) is 0 Å². The van der Waals surface area contributed by atoms with E-state index in [1.54, 1.807) is 14.2 Å². The zero-order chi connectivity index (χ0) is 19.6. The summed E-state index contributed by atoms with van der Waals surface area (Å²) in [6.07, 6.45) is 0. The van der Waals surface area contributed by atoms with Gasteiger partial charge in [-0.05, 0) is 71.6 Å². The molecule has 146 valence electrons. The Balaban J connectivity index is 1.69. The van der Waals surface area contributed by atoms with Gasteiger partial charge in [0.15, 0.2) is 0 Å². The molecular formula is C22H29BrN2O2. The molecular weight excluding hydrogens is 404 g/mol. The molecule has 5 heteroatoms. The number of benzene rings is 2. The molecule has 3 rings (SSSR count). The third kappa shape index (κ3) is 4.25. The van der Waals surface area contributed by atoms with Crippen LogP contribution < -0.4 is 14.4 Å². The van der Waals surface area contributed by atoms with Gasteiger partial charge in [0, 0.05) is 44.0 Å². The highest BCUT2D eigenvalue weighted by Crippen LogP contribution is 2.32. The van der Waals surface area contributed by atoms with E-state index in [1.165, 1.54) is 22.4 Å². The molecule has 0 saturated carbocycles. The van der Waals surface area contributed by atoms with Crippen molar-refractivity contribution in [1.82, 2.24) is 4.90 Å². The van der Waals surface area contributed by atoms with Crippen molar-refractivity contribution in [1.29, 1.82) is 0 Å². The summed E-state index contributed by atoms with van der Waals surface area (Å²) in [6, 6.07) is 11.2. The highest BCUT2D eigenvalue weighted by atomic mass is 79.9. The first kappa shape index (κ1) is 20.0. The fourth-order valence-electron chi connectivity index (χ4n) is 3.89. The van der Waals surface area contributed by atoms with Crippen molar-refractivity contribution in [3.63, 3.8) is 0 Å². The second-order valence-corrected chi connectivity index (χ2v) is 8.05. The monoisotopic (exact) mass is 432 g/mol. The summed E-state index contributed by atoms with van der Waals surface area (Å²) >= 11 is 3.53. The number of piperazine rings is 1. The third-order valence-corrected chi connectivity index (χ3v) is 6.25. The Hall–Kier alpha value is -1.72. The Kier molecular flexibility index (Phi) is 6.33. The number of nitrogens with zero attached hydrogens (tertiary/aromatic N) is 2. The predicted molar refractivity (Wildman–Crippen MR) is 115 cm³/mol. The smallest absolute Gasteiger partial charge is 0.135 e. The van der Waals surface area contributed by atoms with Crippen LogP contribution in [0.3, 0.4) is 0 Å². The molecule has 1 unspecified atom stereocenters. The van der Waals surface area contributed by atoms with Crippen LogP contribution in [0, 0.1) is 13.8 Å². The Morgan fingerprint density at radius 1 is 0.889 bits per heavy atom. The van der Waals surface area contributed by atoms with Crippen LogP contribution in [0.4, 0.5) is 5.69 Å². The molecule has 1 fully saturated rings. The van der Waals surface area contributed by atoms with Crippen LogP contribution in [0.1, 0.15) is 29.7 Å². The van der Waals surface area contributed by atoms with Gasteiger partial charge in [-0.1, -0.05) is 6.07 Å². The number of rotatable bonds is 5. The van der Waals surface area contributed by atoms with Gasteiger partial charge in [0.05, 0.1) is 18.7 Å². The van der Waals surface area contributed by atoms with Gasteiger partial charge in [-0.2, -0.15) is 0 Å². The molecule has 0 bridgehead atoms. The van der Waals surface area contributed by atoms with E-state index in [0.717, 1.165) is 42.2 Å². The fourth-order valence-corrected chi connectivity index (χ4v) is 4.30. The van der Waals surface area contributed by atoms with Crippen molar-refractivity contribution in [3.05, 3.63) is 51.5 Å². The number of hydrogen-bond donors (Lipinski definition) is 0. The zero-order valence-corrected chi connectivity index (χ0v) is 18.5. The number of anilines is 1. The van der Waals surface area contributed by atoms with Crippen molar-refractivity contribution < 1.29 is 9.47 Å². The summed E-state index contributed by atoms with van der Waals surface area (Å²) in [6.45, 7) is 10.7. The van der Waals surface area contributed by atoms with Crippen LogP contribution in [0.15, 0.2) is 34.8 Å². The average Bonchev–Trinajstić information content (AvgIpc) is 2.69. The average molecular weight is 433 g/mol. The third-order valence-electron chi connectivity index (χ3n) is 5.60. The second kappa shape index (κ2) is 8.53. The molecule has 0 amide bonds. The van der Waals surface area contributed by atoms with Crippen LogP contribution in [0.25, 0.3) is 0 Å². The van der Waals surface area contributed by atoms with Gasteiger partial charge in [0.25, 0.3) is 0 Å². The minimum atomic E-state index is 0.399. The first-order chi connectivity index (χ1) is 12.9. The van der Waals surface area contributed by atoms with Crippen molar-refractivity contribution in [2.24, 2.45) is 0 Å². The van der Waals surface area contributed by atoms with E-state index >= 15 is 0 Å². The molecule has 0 radical (unpaired) electrons. The summed E-state index contributed by atoms with van der Waals surface area (Å²) in [5, 5.41) is 0. The highest BCUT2D eigenvalue weighted by molar-refractivity contribution is 9.10. The molecule has 2 aromatic carbocycles. The first-order valence-corrected chi connectivity index (χ1v) is 10.2. The van der Waals surface area contributed by atoms with E-state index in [-0.39, 0.29) is 0 Å². The lowest BCUT2D eigenvalue weighted by Crippen LogP contribution is -2.47. The number of aryl methyl sites for hydroxylation is 2. The highest BCUT2D eigenvalue weighted by Gasteiger charge is 2.24. The summed E-state index contributed by atoms with van der Waals surface area (Å²) in [4.78, 5) is 5.01. The molecule has 0 spiro atoms. The molecule has 1 aliphatic rings. The van der Waals surface area contributed by atoms with Crippen LogP contribution in [-0.4, -0.2) is 45.3 Å². The Morgan fingerprint density at radius 3 is 2.19 bits per heavy atom. The van der Waals surface area contributed by atoms with Crippen LogP contribution in [-0.2, 0) is 0 Å². The summed E-state index contributed by atoms with van der Waals surface area (Å²) < 4.78 is 11.9. The van der Waals surface area contributed by atoms with E-state index in [4.69, 9.17) is 9.47 Å². The quantitative estimate of drug-likeness (QED) is 0.665. The lowest BCUT2D eigenvalue weighted by molar-refractivity contribution is 0.198. The predicted octanol–water partition coefficient (Wildman–Crippen LogP) is 4.97. The van der Waals surface area contributed by atoms with Gasteiger partial charge >= 0.3 is 0 Å². The number of hydrogen-bond acceptors (Lipinski definition) is 4. The number of halogens is 1. The van der Waals surface area contributed by atoms with Gasteiger partial charge in [0.1, 0.15) is 11.5 Å².